The van der Waals surface area contributed by atoms with Crippen molar-refractivity contribution < 1.29 is 0 Å². The summed E-state index contributed by atoms with van der Waals surface area (Å²) >= 11 is 0. The van der Waals surface area contributed by atoms with E-state index in [0.29, 0.717) is 6.04 Å². The summed E-state index contributed by atoms with van der Waals surface area (Å²) in [5.41, 5.74) is 2.75. The fourth-order valence-corrected chi connectivity index (χ4v) is 3.26. The predicted octanol–water partition coefficient (Wildman–Crippen LogP) is 2.70. The Kier molecular flexibility index (Phi) is 3.90. The van der Waals surface area contributed by atoms with Gasteiger partial charge in [0.1, 0.15) is 0 Å². The molecule has 106 valence electrons. The fourth-order valence-electron chi connectivity index (χ4n) is 3.26. The highest BCUT2D eigenvalue weighted by Crippen LogP contribution is 2.32. The molecule has 0 radical (unpaired) electrons. The van der Waals surface area contributed by atoms with Gasteiger partial charge in [0.15, 0.2) is 0 Å². The van der Waals surface area contributed by atoms with Crippen molar-refractivity contribution in [3.05, 3.63) is 48.7 Å². The van der Waals surface area contributed by atoms with Gasteiger partial charge in [0.05, 0.1) is 0 Å². The number of nitrogens with one attached hydrogen (secondary N) is 1. The van der Waals surface area contributed by atoms with E-state index in [1.165, 1.54) is 16.5 Å². The molecule has 1 saturated heterocycles. The number of hydrogen-bond acceptors (Lipinski definition) is 2. The standard InChI is InChI=1S/C17H23N3/c1-3-6-17(20-11-9-18-10-12-20)15-13-19(2)16-8-5-4-7-14(15)16/h3-5,7-8,13,17-18H,1,6,9-12H2,2H3/t17-/m1/s1. The predicted molar refractivity (Wildman–Crippen MR) is 84.9 cm³/mol. The Hall–Kier alpha value is -1.58. The molecule has 0 aliphatic carbocycles. The Balaban J connectivity index is 2.02. The van der Waals surface area contributed by atoms with Crippen LogP contribution in [-0.4, -0.2) is 35.6 Å². The average Bonchev–Trinajstić information content (AvgIpc) is 2.83. The molecule has 0 spiro atoms. The van der Waals surface area contributed by atoms with Crippen LogP contribution >= 0.6 is 0 Å². The Morgan fingerprint density at radius 1 is 1.30 bits per heavy atom. The summed E-state index contributed by atoms with van der Waals surface area (Å²) in [6, 6.07) is 9.12. The molecular formula is C17H23N3. The summed E-state index contributed by atoms with van der Waals surface area (Å²) in [7, 11) is 2.13. The molecule has 1 aromatic carbocycles. The minimum absolute atomic E-state index is 0.445. The lowest BCUT2D eigenvalue weighted by atomic mass is 10.0. The van der Waals surface area contributed by atoms with Gasteiger partial charge in [-0.2, -0.15) is 0 Å². The first-order valence-corrected chi connectivity index (χ1v) is 7.41. The van der Waals surface area contributed by atoms with Crippen molar-refractivity contribution in [3.63, 3.8) is 0 Å². The Morgan fingerprint density at radius 2 is 2.05 bits per heavy atom. The van der Waals surface area contributed by atoms with Gasteiger partial charge in [0, 0.05) is 56.4 Å². The smallest absolute Gasteiger partial charge is 0.0481 e. The number of benzene rings is 1. The number of rotatable bonds is 4. The molecule has 1 aliphatic rings. The van der Waals surface area contributed by atoms with Crippen LogP contribution in [0.5, 0.6) is 0 Å². The van der Waals surface area contributed by atoms with Crippen LogP contribution in [0.2, 0.25) is 0 Å². The zero-order valence-electron chi connectivity index (χ0n) is 12.2. The number of hydrogen-bond donors (Lipinski definition) is 1. The van der Waals surface area contributed by atoms with E-state index in [0.717, 1.165) is 32.6 Å². The second-order valence-corrected chi connectivity index (χ2v) is 5.54. The zero-order valence-corrected chi connectivity index (χ0v) is 12.2. The van der Waals surface area contributed by atoms with Gasteiger partial charge in [-0.1, -0.05) is 24.3 Å². The van der Waals surface area contributed by atoms with Crippen molar-refractivity contribution >= 4 is 10.9 Å². The maximum absolute atomic E-state index is 3.96. The summed E-state index contributed by atoms with van der Waals surface area (Å²) in [5, 5.41) is 4.81. The molecule has 2 aromatic rings. The minimum atomic E-state index is 0.445. The second kappa shape index (κ2) is 5.81. The van der Waals surface area contributed by atoms with E-state index in [1.807, 2.05) is 0 Å². The van der Waals surface area contributed by atoms with Crippen molar-refractivity contribution in [2.75, 3.05) is 26.2 Å². The van der Waals surface area contributed by atoms with E-state index in [1.54, 1.807) is 0 Å². The van der Waals surface area contributed by atoms with E-state index in [9.17, 15) is 0 Å². The van der Waals surface area contributed by atoms with E-state index < -0.39 is 0 Å². The van der Waals surface area contributed by atoms with E-state index >= 15 is 0 Å². The van der Waals surface area contributed by atoms with Gasteiger partial charge in [0.2, 0.25) is 0 Å². The molecule has 1 aromatic heterocycles. The average molecular weight is 269 g/mol. The van der Waals surface area contributed by atoms with Crippen LogP contribution < -0.4 is 5.32 Å². The Labute approximate surface area is 120 Å². The van der Waals surface area contributed by atoms with Gasteiger partial charge in [-0.25, -0.2) is 0 Å². The van der Waals surface area contributed by atoms with Gasteiger partial charge >= 0.3 is 0 Å². The van der Waals surface area contributed by atoms with Crippen LogP contribution in [0.15, 0.2) is 43.1 Å². The quantitative estimate of drug-likeness (QED) is 0.861. The lowest BCUT2D eigenvalue weighted by molar-refractivity contribution is 0.175. The molecule has 1 fully saturated rings. The monoisotopic (exact) mass is 269 g/mol. The minimum Gasteiger partial charge on any atom is -0.350 e. The molecule has 0 unspecified atom stereocenters. The third-order valence-electron chi connectivity index (χ3n) is 4.27. The largest absolute Gasteiger partial charge is 0.350 e. The molecule has 3 heteroatoms. The molecule has 3 rings (SSSR count). The lowest BCUT2D eigenvalue weighted by Crippen LogP contribution is -2.45. The molecule has 1 atom stereocenters. The van der Waals surface area contributed by atoms with Crippen LogP contribution in [0.25, 0.3) is 10.9 Å². The number of aromatic nitrogens is 1. The molecule has 0 saturated carbocycles. The van der Waals surface area contributed by atoms with Crippen LogP contribution in [0, 0.1) is 0 Å². The molecule has 0 amide bonds. The van der Waals surface area contributed by atoms with Crippen LogP contribution in [0.4, 0.5) is 0 Å². The highest BCUT2D eigenvalue weighted by atomic mass is 15.2. The summed E-state index contributed by atoms with van der Waals surface area (Å²) < 4.78 is 2.24. The van der Waals surface area contributed by atoms with E-state index in [2.05, 4.69) is 64.9 Å². The summed E-state index contributed by atoms with van der Waals surface area (Å²) in [6.07, 6.45) is 5.35. The molecule has 20 heavy (non-hydrogen) atoms. The zero-order chi connectivity index (χ0) is 13.9. The maximum Gasteiger partial charge on any atom is 0.0481 e. The molecule has 0 bridgehead atoms. The van der Waals surface area contributed by atoms with Crippen molar-refractivity contribution in [1.82, 2.24) is 14.8 Å². The normalized spacial score (nSPS) is 18.2. The molecule has 2 heterocycles. The summed E-state index contributed by atoms with van der Waals surface area (Å²) in [6.45, 7) is 8.35. The number of piperazine rings is 1. The summed E-state index contributed by atoms with van der Waals surface area (Å²) in [4.78, 5) is 2.58. The van der Waals surface area contributed by atoms with E-state index in [4.69, 9.17) is 0 Å². The summed E-state index contributed by atoms with van der Waals surface area (Å²) in [5.74, 6) is 0. The van der Waals surface area contributed by atoms with E-state index in [-0.39, 0.29) is 0 Å². The Bertz CT molecular complexity index is 593. The van der Waals surface area contributed by atoms with Crippen LogP contribution in [0.1, 0.15) is 18.0 Å². The first-order chi connectivity index (χ1) is 9.81. The first-order valence-electron chi connectivity index (χ1n) is 7.41. The number of para-hydroxylation sites is 1. The van der Waals surface area contributed by atoms with Crippen molar-refractivity contribution in [1.29, 1.82) is 0 Å². The molecule has 1 N–H and O–H groups in total. The topological polar surface area (TPSA) is 20.2 Å². The Morgan fingerprint density at radius 3 is 2.80 bits per heavy atom. The van der Waals surface area contributed by atoms with Gasteiger partial charge < -0.3 is 9.88 Å². The van der Waals surface area contributed by atoms with Crippen molar-refractivity contribution in [2.24, 2.45) is 7.05 Å². The van der Waals surface area contributed by atoms with Crippen LogP contribution in [-0.2, 0) is 7.05 Å². The SMILES string of the molecule is C=CC[C@H](c1cn(C)c2ccccc12)N1CCNCC1. The second-order valence-electron chi connectivity index (χ2n) is 5.54. The highest BCUT2D eigenvalue weighted by molar-refractivity contribution is 5.84. The van der Waals surface area contributed by atoms with Gasteiger partial charge in [-0.3, -0.25) is 4.90 Å². The molecular weight excluding hydrogens is 246 g/mol. The van der Waals surface area contributed by atoms with Crippen LogP contribution in [0.3, 0.4) is 0 Å². The van der Waals surface area contributed by atoms with Gasteiger partial charge in [-0.05, 0) is 18.1 Å². The number of aryl methyl sites for hydroxylation is 1. The maximum atomic E-state index is 3.96. The lowest BCUT2D eigenvalue weighted by Gasteiger charge is -2.34. The fraction of sp³-hybridized carbons (Fsp3) is 0.412. The molecule has 3 nitrogen and oxygen atoms in total. The third kappa shape index (κ3) is 2.39. The van der Waals surface area contributed by atoms with Crippen molar-refractivity contribution in [3.8, 4) is 0 Å². The highest BCUT2D eigenvalue weighted by Gasteiger charge is 2.23. The first kappa shape index (κ1) is 13.4. The number of nitrogens with zero attached hydrogens (tertiary/aromatic N) is 2. The number of fused-ring (bicyclic) bond motifs is 1. The van der Waals surface area contributed by atoms with Gasteiger partial charge in [-0.15, -0.1) is 6.58 Å². The van der Waals surface area contributed by atoms with Gasteiger partial charge in [0.25, 0.3) is 0 Å². The van der Waals surface area contributed by atoms with Crippen molar-refractivity contribution in [2.45, 2.75) is 12.5 Å². The molecule has 1 aliphatic heterocycles. The third-order valence-corrected chi connectivity index (χ3v) is 4.27.